The predicted octanol–water partition coefficient (Wildman–Crippen LogP) is 4.98. The number of likely N-dealkylation sites (N-methyl/N-ethyl adjacent to an activating group) is 1. The fraction of sp³-hybridized carbons (Fsp3) is 0.351. The summed E-state index contributed by atoms with van der Waals surface area (Å²) in [6.07, 6.45) is 8.20. The van der Waals surface area contributed by atoms with Gasteiger partial charge in [0.1, 0.15) is 5.70 Å². The predicted molar refractivity (Wildman–Crippen MR) is 194 cm³/mol. The number of benzene rings is 1. The number of nitrogens with one attached hydrogen (secondary N) is 4. The Morgan fingerprint density at radius 1 is 1.04 bits per heavy atom. The van der Waals surface area contributed by atoms with Crippen LogP contribution in [-0.2, 0) is 16.1 Å². The van der Waals surface area contributed by atoms with E-state index in [1.54, 1.807) is 24.2 Å². The Morgan fingerprint density at radius 2 is 1.82 bits per heavy atom. The van der Waals surface area contributed by atoms with Gasteiger partial charge in [-0.25, -0.2) is 0 Å². The molecule has 256 valence electrons. The van der Waals surface area contributed by atoms with Gasteiger partial charge in [-0.05, 0) is 60.1 Å². The van der Waals surface area contributed by atoms with E-state index in [1.165, 1.54) is 7.05 Å². The van der Waals surface area contributed by atoms with Crippen LogP contribution in [0.3, 0.4) is 0 Å². The maximum absolute atomic E-state index is 13.5. The summed E-state index contributed by atoms with van der Waals surface area (Å²) in [5.74, 6) is -0.0970. The number of aromatic nitrogens is 3. The number of carbonyl (C=O) groups is 3. The van der Waals surface area contributed by atoms with Gasteiger partial charge in [0, 0.05) is 65.0 Å². The Hall–Kier alpha value is -5.52. The van der Waals surface area contributed by atoms with Crippen molar-refractivity contribution in [2.75, 3.05) is 50.3 Å². The van der Waals surface area contributed by atoms with Crippen LogP contribution in [0.25, 0.3) is 11.1 Å². The number of carbonyl (C=O) groups excluding carboxylic acids is 3. The van der Waals surface area contributed by atoms with Crippen LogP contribution < -0.4 is 26.2 Å². The topological polar surface area (TPSA) is 144 Å². The molecule has 4 N–H and O–H groups in total. The van der Waals surface area contributed by atoms with Crippen molar-refractivity contribution < 1.29 is 14.4 Å². The molecule has 0 radical (unpaired) electrons. The molecule has 1 aliphatic heterocycles. The van der Waals surface area contributed by atoms with Gasteiger partial charge in [0.15, 0.2) is 11.5 Å². The van der Waals surface area contributed by atoms with Crippen LogP contribution in [0.5, 0.6) is 0 Å². The van der Waals surface area contributed by atoms with E-state index in [9.17, 15) is 14.4 Å². The van der Waals surface area contributed by atoms with Crippen LogP contribution in [0.2, 0.25) is 0 Å². The van der Waals surface area contributed by atoms with Gasteiger partial charge in [0.2, 0.25) is 5.91 Å². The Bertz CT molecular complexity index is 1830. The van der Waals surface area contributed by atoms with Gasteiger partial charge in [-0.1, -0.05) is 44.7 Å². The Labute approximate surface area is 287 Å². The zero-order valence-corrected chi connectivity index (χ0v) is 29.1. The van der Waals surface area contributed by atoms with Crippen LogP contribution in [0.15, 0.2) is 67.0 Å². The van der Waals surface area contributed by atoms with Gasteiger partial charge >= 0.3 is 0 Å². The van der Waals surface area contributed by atoms with E-state index in [0.717, 1.165) is 58.6 Å². The maximum Gasteiger partial charge on any atom is 0.273 e. The lowest BCUT2D eigenvalue weighted by atomic mass is 9.94. The van der Waals surface area contributed by atoms with Crippen molar-refractivity contribution in [2.45, 2.75) is 39.7 Å². The number of para-hydroxylation sites is 1. The largest absolute Gasteiger partial charge is 0.376 e. The Kier molecular flexibility index (Phi) is 10.8. The molecule has 1 aliphatic carbocycles. The number of amides is 3. The highest BCUT2D eigenvalue weighted by molar-refractivity contribution is 6.01. The number of pyridine rings is 1. The highest BCUT2D eigenvalue weighted by Crippen LogP contribution is 2.37. The van der Waals surface area contributed by atoms with Gasteiger partial charge in [0.25, 0.3) is 11.8 Å². The highest BCUT2D eigenvalue weighted by atomic mass is 16.2. The minimum Gasteiger partial charge on any atom is -0.376 e. The number of hydrogen-bond donors (Lipinski definition) is 4. The van der Waals surface area contributed by atoms with Crippen LogP contribution in [0.4, 0.5) is 22.9 Å². The normalized spacial score (nSPS) is 14.4. The average molecular weight is 664 g/mol. The Morgan fingerprint density at radius 3 is 2.47 bits per heavy atom. The monoisotopic (exact) mass is 663 g/mol. The molecule has 5 rings (SSSR count). The standard InChI is InChI=1S/C37H45N9O3/c1-8-22(2)23(3)32-26(11-10-18-39-32)21-46(7)37(49)29-17-16-25(20-40-29)27-12-9-13-28(34(27)45(5)6)41-30-19-31(42-35(47)24-14-15-24)43-44-33(30)36(48)38-4/h9-13,16-19,22,24,40H,3,8,14-15,20-21H2,1-2,4-7H3,(H,38,48)(H2,41,42,43,47). The highest BCUT2D eigenvalue weighted by Gasteiger charge is 2.30. The van der Waals surface area contributed by atoms with E-state index in [-0.39, 0.29) is 35.2 Å². The first-order valence-corrected chi connectivity index (χ1v) is 16.5. The van der Waals surface area contributed by atoms with E-state index >= 15 is 0 Å². The molecule has 12 nitrogen and oxygen atoms in total. The fourth-order valence-electron chi connectivity index (χ4n) is 5.63. The van der Waals surface area contributed by atoms with Crippen molar-refractivity contribution in [3.63, 3.8) is 0 Å². The number of rotatable bonds is 13. The molecular formula is C37H45N9O3. The number of nitrogens with zero attached hydrogens (tertiary/aromatic N) is 5. The molecule has 0 spiro atoms. The van der Waals surface area contributed by atoms with Gasteiger partial charge in [-0.15, -0.1) is 10.2 Å². The maximum atomic E-state index is 13.5. The third-order valence-electron chi connectivity index (χ3n) is 8.84. The van der Waals surface area contributed by atoms with Gasteiger partial charge in [-0.2, -0.15) is 0 Å². The van der Waals surface area contributed by atoms with E-state index in [0.29, 0.717) is 24.5 Å². The number of hydrogen-bond acceptors (Lipinski definition) is 9. The second kappa shape index (κ2) is 15.1. The number of allylic oxidation sites excluding steroid dienone is 3. The first-order chi connectivity index (χ1) is 23.5. The van der Waals surface area contributed by atoms with Crippen LogP contribution in [0.1, 0.15) is 60.4 Å². The molecule has 1 aromatic carbocycles. The van der Waals surface area contributed by atoms with Crippen molar-refractivity contribution in [3.05, 3.63) is 89.5 Å². The zero-order valence-electron chi connectivity index (χ0n) is 29.1. The van der Waals surface area contributed by atoms with Crippen LogP contribution in [-0.4, -0.2) is 72.5 Å². The summed E-state index contributed by atoms with van der Waals surface area (Å²) in [5.41, 5.74) is 7.27. The van der Waals surface area contributed by atoms with Crippen molar-refractivity contribution in [1.82, 2.24) is 30.7 Å². The van der Waals surface area contributed by atoms with Gasteiger partial charge in [0.05, 0.1) is 22.8 Å². The fourth-order valence-corrected chi connectivity index (χ4v) is 5.63. The second-order valence-corrected chi connectivity index (χ2v) is 12.7. The summed E-state index contributed by atoms with van der Waals surface area (Å²) in [5, 5.41) is 20.3. The smallest absolute Gasteiger partial charge is 0.273 e. The first-order valence-electron chi connectivity index (χ1n) is 16.5. The zero-order chi connectivity index (χ0) is 35.2. The molecule has 3 amide bonds. The summed E-state index contributed by atoms with van der Waals surface area (Å²) < 4.78 is 0. The Balaban J connectivity index is 1.39. The third kappa shape index (κ3) is 7.97. The lowest BCUT2D eigenvalue weighted by Gasteiger charge is -2.27. The second-order valence-electron chi connectivity index (χ2n) is 12.7. The molecule has 3 aromatic rings. The first kappa shape index (κ1) is 34.8. The SMILES string of the molecule is C=C(c1ncccc1CN(C)C(=O)C1=CC=C(c2cccc(Nc3cc(NC(=O)C4CC4)nnc3C(=O)NC)c2N(C)C)CN1)C(C)CC. The van der Waals surface area contributed by atoms with Gasteiger partial charge < -0.3 is 31.1 Å². The quantitative estimate of drug-likeness (QED) is 0.199. The molecule has 12 heteroatoms. The van der Waals surface area contributed by atoms with E-state index in [2.05, 4.69) is 56.9 Å². The average Bonchev–Trinajstić information content (AvgIpc) is 3.97. The van der Waals surface area contributed by atoms with Crippen molar-refractivity contribution in [1.29, 1.82) is 0 Å². The molecule has 0 saturated heterocycles. The van der Waals surface area contributed by atoms with Crippen molar-refractivity contribution in [3.8, 4) is 0 Å². The van der Waals surface area contributed by atoms with Gasteiger partial charge in [-0.3, -0.25) is 19.4 Å². The lowest BCUT2D eigenvalue weighted by molar-refractivity contribution is -0.126. The molecule has 49 heavy (non-hydrogen) atoms. The lowest BCUT2D eigenvalue weighted by Crippen LogP contribution is -2.35. The van der Waals surface area contributed by atoms with Crippen molar-refractivity contribution >= 4 is 51.7 Å². The summed E-state index contributed by atoms with van der Waals surface area (Å²) in [7, 11) is 7.19. The summed E-state index contributed by atoms with van der Waals surface area (Å²) >= 11 is 0. The summed E-state index contributed by atoms with van der Waals surface area (Å²) in [6.45, 7) is 9.37. The number of dihydropyridines is 1. The molecule has 1 saturated carbocycles. The molecule has 2 aromatic heterocycles. The third-order valence-corrected chi connectivity index (χ3v) is 8.84. The van der Waals surface area contributed by atoms with E-state index in [1.807, 2.05) is 61.5 Å². The summed E-state index contributed by atoms with van der Waals surface area (Å²) in [4.78, 5) is 46.9. The molecule has 1 fully saturated rings. The summed E-state index contributed by atoms with van der Waals surface area (Å²) in [6, 6.07) is 11.4. The minimum atomic E-state index is -0.413. The van der Waals surface area contributed by atoms with E-state index < -0.39 is 5.91 Å². The molecule has 0 bridgehead atoms. The van der Waals surface area contributed by atoms with Crippen LogP contribution in [0, 0.1) is 11.8 Å². The number of anilines is 4. The molecule has 2 aliphatic rings. The van der Waals surface area contributed by atoms with E-state index in [4.69, 9.17) is 0 Å². The van der Waals surface area contributed by atoms with Crippen LogP contribution >= 0.6 is 0 Å². The molecule has 1 unspecified atom stereocenters. The molecular weight excluding hydrogens is 618 g/mol. The molecule has 3 heterocycles. The van der Waals surface area contributed by atoms with Crippen molar-refractivity contribution in [2.24, 2.45) is 11.8 Å². The molecule has 1 atom stereocenters. The minimum absolute atomic E-state index is 0.00885.